The number of hydrogen-bond acceptors (Lipinski definition) is 2. The highest BCUT2D eigenvalue weighted by Crippen LogP contribution is 2.31. The summed E-state index contributed by atoms with van der Waals surface area (Å²) >= 11 is 5.67. The van der Waals surface area contributed by atoms with Crippen molar-refractivity contribution in [2.24, 2.45) is 0 Å². The van der Waals surface area contributed by atoms with Crippen LogP contribution in [-0.4, -0.2) is 29.8 Å². The molecule has 1 aliphatic rings. The van der Waals surface area contributed by atoms with Crippen LogP contribution in [0.5, 0.6) is 5.75 Å². The van der Waals surface area contributed by atoms with E-state index >= 15 is 0 Å². The van der Waals surface area contributed by atoms with E-state index < -0.39 is 0 Å². The molecule has 1 saturated carbocycles. The molecule has 0 heterocycles. The molecule has 0 unspecified atom stereocenters. The van der Waals surface area contributed by atoms with E-state index in [2.05, 4.69) is 0 Å². The Bertz CT molecular complexity index is 446. The Balaban J connectivity index is 2.00. The lowest BCUT2D eigenvalue weighted by molar-refractivity contribution is -0.132. The highest BCUT2D eigenvalue weighted by molar-refractivity contribution is 6.17. The highest BCUT2D eigenvalue weighted by Gasteiger charge is 2.32. The largest absolute Gasteiger partial charge is 0.496 e. The van der Waals surface area contributed by atoms with Gasteiger partial charge in [0.2, 0.25) is 5.91 Å². The second kappa shape index (κ2) is 7.53. The fourth-order valence-corrected chi connectivity index (χ4v) is 2.53. The average molecular weight is 296 g/mol. The van der Waals surface area contributed by atoms with E-state index in [1.54, 1.807) is 7.11 Å². The van der Waals surface area contributed by atoms with Gasteiger partial charge in [-0.25, -0.2) is 0 Å². The fourth-order valence-electron chi connectivity index (χ4n) is 2.34. The van der Waals surface area contributed by atoms with Gasteiger partial charge < -0.3 is 9.64 Å². The number of rotatable bonds is 8. The number of ether oxygens (including phenoxy) is 1. The van der Waals surface area contributed by atoms with Crippen LogP contribution in [0.2, 0.25) is 0 Å². The summed E-state index contributed by atoms with van der Waals surface area (Å²) in [6.07, 6.45) is 4.61. The molecule has 0 atom stereocenters. The number of alkyl halides is 1. The monoisotopic (exact) mass is 295 g/mol. The van der Waals surface area contributed by atoms with Gasteiger partial charge in [0.25, 0.3) is 0 Å². The van der Waals surface area contributed by atoms with Crippen molar-refractivity contribution < 1.29 is 9.53 Å². The summed E-state index contributed by atoms with van der Waals surface area (Å²) in [5.41, 5.74) is 1.08. The van der Waals surface area contributed by atoms with Crippen LogP contribution in [0.1, 0.15) is 37.7 Å². The van der Waals surface area contributed by atoms with E-state index in [-0.39, 0.29) is 5.91 Å². The lowest BCUT2D eigenvalue weighted by Gasteiger charge is -2.23. The lowest BCUT2D eigenvalue weighted by Crippen LogP contribution is -2.32. The number of para-hydroxylation sites is 1. The zero-order valence-electron chi connectivity index (χ0n) is 12.0. The van der Waals surface area contributed by atoms with E-state index in [1.165, 1.54) is 0 Å². The van der Waals surface area contributed by atoms with Crippen LogP contribution in [0.3, 0.4) is 0 Å². The molecular formula is C16H22ClNO2. The van der Waals surface area contributed by atoms with Crippen LogP contribution in [0.15, 0.2) is 24.3 Å². The number of nitrogens with zero attached hydrogens (tertiary/aromatic N) is 1. The van der Waals surface area contributed by atoms with Crippen molar-refractivity contribution in [3.8, 4) is 5.75 Å². The average Bonchev–Trinajstić information content (AvgIpc) is 3.29. The maximum atomic E-state index is 12.3. The molecule has 0 aliphatic heterocycles. The molecule has 20 heavy (non-hydrogen) atoms. The number of carbonyl (C=O) groups is 1. The molecule has 0 aromatic heterocycles. The van der Waals surface area contributed by atoms with Crippen LogP contribution in [0.25, 0.3) is 0 Å². The standard InChI is InChI=1S/C16H22ClNO2/c1-20-15-7-3-2-6-13(15)12-18(14-9-10-14)16(19)8-4-5-11-17/h2-3,6-7,14H,4-5,8-12H2,1H3. The van der Waals surface area contributed by atoms with Gasteiger partial charge in [-0.05, 0) is 31.7 Å². The Morgan fingerprint density at radius 2 is 2.10 bits per heavy atom. The molecule has 1 amide bonds. The SMILES string of the molecule is COc1ccccc1CN(C(=O)CCCCCl)C1CC1. The molecule has 1 fully saturated rings. The lowest BCUT2D eigenvalue weighted by atomic mass is 10.1. The number of amides is 1. The maximum Gasteiger partial charge on any atom is 0.223 e. The molecule has 0 saturated heterocycles. The van der Waals surface area contributed by atoms with Crippen LogP contribution >= 0.6 is 11.6 Å². The minimum atomic E-state index is 0.239. The molecule has 3 nitrogen and oxygen atoms in total. The number of methoxy groups -OCH3 is 1. The summed E-state index contributed by atoms with van der Waals surface area (Å²) in [5.74, 6) is 1.72. The fraction of sp³-hybridized carbons (Fsp3) is 0.562. The van der Waals surface area contributed by atoms with Crippen molar-refractivity contribution in [1.82, 2.24) is 4.90 Å². The smallest absolute Gasteiger partial charge is 0.223 e. The van der Waals surface area contributed by atoms with Crippen molar-refractivity contribution in [3.05, 3.63) is 29.8 Å². The van der Waals surface area contributed by atoms with E-state index in [4.69, 9.17) is 16.3 Å². The zero-order valence-corrected chi connectivity index (χ0v) is 12.7. The Kier molecular flexibility index (Phi) is 5.72. The molecular weight excluding hydrogens is 274 g/mol. The molecule has 0 bridgehead atoms. The summed E-state index contributed by atoms with van der Waals surface area (Å²) in [6, 6.07) is 8.33. The molecule has 2 rings (SSSR count). The Labute approximate surface area is 125 Å². The number of halogens is 1. The Morgan fingerprint density at radius 3 is 2.75 bits per heavy atom. The molecule has 0 spiro atoms. The number of carbonyl (C=O) groups excluding carboxylic acids is 1. The third-order valence-corrected chi connectivity index (χ3v) is 3.88. The van der Waals surface area contributed by atoms with E-state index in [9.17, 15) is 4.79 Å². The van der Waals surface area contributed by atoms with Crippen molar-refractivity contribution in [3.63, 3.8) is 0 Å². The summed E-state index contributed by atoms with van der Waals surface area (Å²) in [6.45, 7) is 0.647. The van der Waals surface area contributed by atoms with Crippen LogP contribution in [0, 0.1) is 0 Å². The van der Waals surface area contributed by atoms with E-state index in [0.717, 1.165) is 37.0 Å². The number of hydrogen-bond donors (Lipinski definition) is 0. The van der Waals surface area contributed by atoms with Crippen LogP contribution < -0.4 is 4.74 Å². The predicted octanol–water partition coefficient (Wildman–Crippen LogP) is 3.60. The second-order valence-corrected chi connectivity index (χ2v) is 5.59. The van der Waals surface area contributed by atoms with Gasteiger partial charge in [-0.2, -0.15) is 0 Å². The third-order valence-electron chi connectivity index (χ3n) is 3.62. The van der Waals surface area contributed by atoms with Gasteiger partial charge >= 0.3 is 0 Å². The van der Waals surface area contributed by atoms with Gasteiger partial charge in [0.15, 0.2) is 0 Å². The summed E-state index contributed by atoms with van der Waals surface area (Å²) in [5, 5.41) is 0. The topological polar surface area (TPSA) is 29.5 Å². The normalized spacial score (nSPS) is 14.1. The summed E-state index contributed by atoms with van der Waals surface area (Å²) < 4.78 is 5.37. The second-order valence-electron chi connectivity index (χ2n) is 5.21. The van der Waals surface area contributed by atoms with Gasteiger partial charge in [-0.1, -0.05) is 18.2 Å². The van der Waals surface area contributed by atoms with Crippen molar-refractivity contribution >= 4 is 17.5 Å². The quantitative estimate of drug-likeness (QED) is 0.542. The molecule has 1 aliphatic carbocycles. The molecule has 0 radical (unpaired) electrons. The predicted molar refractivity (Wildman–Crippen MR) is 81.1 cm³/mol. The Morgan fingerprint density at radius 1 is 1.35 bits per heavy atom. The molecule has 0 N–H and O–H groups in total. The first-order valence-electron chi connectivity index (χ1n) is 7.23. The summed E-state index contributed by atoms with van der Waals surface area (Å²) in [4.78, 5) is 14.4. The van der Waals surface area contributed by atoms with Crippen molar-refractivity contribution in [2.45, 2.75) is 44.7 Å². The number of benzene rings is 1. The zero-order chi connectivity index (χ0) is 14.4. The van der Waals surface area contributed by atoms with Gasteiger partial charge in [0, 0.05) is 30.5 Å². The number of unbranched alkanes of at least 4 members (excludes halogenated alkanes) is 1. The van der Waals surface area contributed by atoms with E-state index in [0.29, 0.717) is 24.9 Å². The van der Waals surface area contributed by atoms with E-state index in [1.807, 2.05) is 29.2 Å². The molecule has 110 valence electrons. The third kappa shape index (κ3) is 4.14. The highest BCUT2D eigenvalue weighted by atomic mass is 35.5. The van der Waals surface area contributed by atoms with Crippen LogP contribution in [0.4, 0.5) is 0 Å². The maximum absolute atomic E-state index is 12.3. The van der Waals surface area contributed by atoms with Gasteiger partial charge in [0.1, 0.15) is 5.75 Å². The first-order valence-corrected chi connectivity index (χ1v) is 7.77. The molecule has 1 aromatic carbocycles. The minimum absolute atomic E-state index is 0.239. The minimum Gasteiger partial charge on any atom is -0.496 e. The Hall–Kier alpha value is -1.22. The first kappa shape index (κ1) is 15.2. The first-order chi connectivity index (χ1) is 9.76. The van der Waals surface area contributed by atoms with Crippen molar-refractivity contribution in [2.75, 3.05) is 13.0 Å². The van der Waals surface area contributed by atoms with Gasteiger partial charge in [0.05, 0.1) is 7.11 Å². The van der Waals surface area contributed by atoms with Crippen LogP contribution in [-0.2, 0) is 11.3 Å². The molecule has 4 heteroatoms. The van der Waals surface area contributed by atoms with Gasteiger partial charge in [-0.3, -0.25) is 4.79 Å². The summed E-state index contributed by atoms with van der Waals surface area (Å²) in [7, 11) is 1.67. The van der Waals surface area contributed by atoms with Crippen molar-refractivity contribution in [1.29, 1.82) is 0 Å². The molecule has 1 aromatic rings. The van der Waals surface area contributed by atoms with Gasteiger partial charge in [-0.15, -0.1) is 11.6 Å².